The van der Waals surface area contributed by atoms with Crippen molar-refractivity contribution >= 4 is 11.9 Å². The van der Waals surface area contributed by atoms with E-state index in [0.717, 1.165) is 47.6 Å². The van der Waals surface area contributed by atoms with Crippen molar-refractivity contribution in [3.63, 3.8) is 0 Å². The second kappa shape index (κ2) is 8.06. The lowest BCUT2D eigenvalue weighted by Gasteiger charge is -2.44. The van der Waals surface area contributed by atoms with E-state index < -0.39 is 5.60 Å². The van der Waals surface area contributed by atoms with E-state index >= 15 is 0 Å². The molecule has 1 aromatic carbocycles. The number of piperidine rings is 1. The molecule has 3 aromatic rings. The van der Waals surface area contributed by atoms with E-state index in [0.29, 0.717) is 31.2 Å². The zero-order valence-corrected chi connectivity index (χ0v) is 18.8. The van der Waals surface area contributed by atoms with Gasteiger partial charge < -0.3 is 19.0 Å². The second-order valence-electron chi connectivity index (χ2n) is 8.81. The molecule has 2 aromatic heterocycles. The number of nitrogens with zero attached hydrogens (tertiary/aromatic N) is 4. The number of carbonyl (C=O) groups is 1. The summed E-state index contributed by atoms with van der Waals surface area (Å²) in [6.07, 6.45) is 4.23. The summed E-state index contributed by atoms with van der Waals surface area (Å²) in [7, 11) is 3.88. The van der Waals surface area contributed by atoms with Crippen LogP contribution in [-0.4, -0.2) is 54.6 Å². The van der Waals surface area contributed by atoms with Crippen molar-refractivity contribution in [3.8, 4) is 11.3 Å². The number of aromatic nitrogens is 2. The van der Waals surface area contributed by atoms with Crippen LogP contribution in [0, 0.1) is 6.92 Å². The summed E-state index contributed by atoms with van der Waals surface area (Å²) in [6, 6.07) is 11.5. The van der Waals surface area contributed by atoms with E-state index in [9.17, 15) is 4.79 Å². The minimum absolute atomic E-state index is 0.0507. The van der Waals surface area contributed by atoms with Crippen molar-refractivity contribution in [2.45, 2.75) is 31.8 Å². The molecule has 0 unspecified atom stereocenters. The Hall–Kier alpha value is -3.19. The van der Waals surface area contributed by atoms with Gasteiger partial charge in [0, 0.05) is 44.5 Å². The van der Waals surface area contributed by atoms with Crippen molar-refractivity contribution in [1.82, 2.24) is 14.9 Å². The van der Waals surface area contributed by atoms with Crippen LogP contribution in [0.1, 0.15) is 40.2 Å². The van der Waals surface area contributed by atoms with Crippen LogP contribution in [-0.2, 0) is 16.8 Å². The predicted molar refractivity (Wildman–Crippen MR) is 122 cm³/mol. The molecule has 1 spiro atoms. The fourth-order valence-corrected chi connectivity index (χ4v) is 4.62. The van der Waals surface area contributed by atoms with Gasteiger partial charge in [-0.2, -0.15) is 0 Å². The van der Waals surface area contributed by atoms with Gasteiger partial charge in [-0.15, -0.1) is 0 Å². The highest BCUT2D eigenvalue weighted by atomic mass is 16.5. The lowest BCUT2D eigenvalue weighted by Crippen LogP contribution is -2.49. The quantitative estimate of drug-likeness (QED) is 0.627. The van der Waals surface area contributed by atoms with Gasteiger partial charge >= 0.3 is 0 Å². The lowest BCUT2D eigenvalue weighted by atomic mass is 9.83. The van der Waals surface area contributed by atoms with Crippen molar-refractivity contribution in [3.05, 3.63) is 65.2 Å². The van der Waals surface area contributed by atoms with E-state index in [1.807, 2.05) is 73.4 Å². The van der Waals surface area contributed by atoms with Gasteiger partial charge in [0.05, 0.1) is 12.3 Å². The average Bonchev–Trinajstić information content (AvgIpc) is 3.25. The first kappa shape index (κ1) is 20.7. The van der Waals surface area contributed by atoms with Gasteiger partial charge in [-0.1, -0.05) is 12.1 Å². The fourth-order valence-electron chi connectivity index (χ4n) is 4.62. The van der Waals surface area contributed by atoms with Gasteiger partial charge in [-0.3, -0.25) is 4.79 Å². The number of ether oxygens (including phenoxy) is 1. The van der Waals surface area contributed by atoms with E-state index in [1.54, 1.807) is 0 Å². The van der Waals surface area contributed by atoms with Gasteiger partial charge in [0.15, 0.2) is 0 Å². The number of carbonyl (C=O) groups excluding carboxylic acids is 1. The van der Waals surface area contributed by atoms with Gasteiger partial charge in [0.1, 0.15) is 17.1 Å². The number of aryl methyl sites for hydroxylation is 1. The topological polar surface area (TPSA) is 71.7 Å². The van der Waals surface area contributed by atoms with Crippen molar-refractivity contribution in [1.29, 1.82) is 0 Å². The number of anilines is 1. The summed E-state index contributed by atoms with van der Waals surface area (Å²) >= 11 is 0. The molecule has 0 saturated carbocycles. The maximum atomic E-state index is 13.1. The molecule has 0 bridgehead atoms. The monoisotopic (exact) mass is 432 g/mol. The SMILES string of the molecule is Cc1ccc(-c2ccc(C(=O)N3CCC4(CC3)OCCc3cnc(N(C)C)nc34)cc2)o1. The summed E-state index contributed by atoms with van der Waals surface area (Å²) in [5, 5.41) is 0. The molecule has 2 aliphatic heterocycles. The lowest BCUT2D eigenvalue weighted by molar-refractivity contribution is -0.0967. The second-order valence-corrected chi connectivity index (χ2v) is 8.81. The molecular formula is C25H28N4O3. The Morgan fingerprint density at radius 3 is 2.50 bits per heavy atom. The third-order valence-corrected chi connectivity index (χ3v) is 6.45. The van der Waals surface area contributed by atoms with Gasteiger partial charge in [-0.05, 0) is 56.0 Å². The average molecular weight is 433 g/mol. The number of benzene rings is 1. The van der Waals surface area contributed by atoms with Crippen molar-refractivity contribution in [2.75, 3.05) is 38.7 Å². The Kier molecular flexibility index (Phi) is 5.21. The minimum atomic E-state index is -0.431. The summed E-state index contributed by atoms with van der Waals surface area (Å²) in [6.45, 7) is 3.86. The highest BCUT2D eigenvalue weighted by Crippen LogP contribution is 2.41. The molecule has 1 saturated heterocycles. The highest BCUT2D eigenvalue weighted by molar-refractivity contribution is 5.94. The molecule has 166 valence electrons. The molecule has 1 fully saturated rings. The third-order valence-electron chi connectivity index (χ3n) is 6.45. The molecule has 0 N–H and O–H groups in total. The van der Waals surface area contributed by atoms with Gasteiger partial charge in [-0.25, -0.2) is 9.97 Å². The minimum Gasteiger partial charge on any atom is -0.461 e. The molecule has 0 radical (unpaired) electrons. The summed E-state index contributed by atoms with van der Waals surface area (Å²) < 4.78 is 12.0. The maximum absolute atomic E-state index is 13.1. The van der Waals surface area contributed by atoms with Crippen LogP contribution in [0.4, 0.5) is 5.95 Å². The zero-order valence-electron chi connectivity index (χ0n) is 18.8. The Bertz CT molecular complexity index is 1130. The first-order chi connectivity index (χ1) is 15.4. The Balaban J connectivity index is 1.31. The van der Waals surface area contributed by atoms with Crippen LogP contribution in [0.3, 0.4) is 0 Å². The summed E-state index contributed by atoms with van der Waals surface area (Å²) in [5.41, 5.74) is 3.38. The molecule has 7 heteroatoms. The number of fused-ring (bicyclic) bond motifs is 2. The molecule has 32 heavy (non-hydrogen) atoms. The van der Waals surface area contributed by atoms with Crippen molar-refractivity contribution < 1.29 is 13.9 Å². The number of hydrogen-bond acceptors (Lipinski definition) is 6. The number of hydrogen-bond donors (Lipinski definition) is 0. The van der Waals surface area contributed by atoms with Gasteiger partial charge in [0.2, 0.25) is 5.95 Å². The number of amides is 1. The number of rotatable bonds is 3. The Morgan fingerprint density at radius 2 is 1.84 bits per heavy atom. The molecule has 5 rings (SSSR count). The first-order valence-corrected chi connectivity index (χ1v) is 11.1. The number of likely N-dealkylation sites (tertiary alicyclic amines) is 1. The molecule has 7 nitrogen and oxygen atoms in total. The smallest absolute Gasteiger partial charge is 0.253 e. The normalized spacial score (nSPS) is 17.3. The Labute approximate surface area is 188 Å². The molecule has 2 aliphatic rings. The fraction of sp³-hybridized carbons (Fsp3) is 0.400. The third kappa shape index (κ3) is 3.66. The Morgan fingerprint density at radius 1 is 1.09 bits per heavy atom. The summed E-state index contributed by atoms with van der Waals surface area (Å²) in [4.78, 5) is 26.3. The zero-order chi connectivity index (χ0) is 22.3. The predicted octanol–water partition coefficient (Wildman–Crippen LogP) is 3.82. The standard InChI is InChI=1S/C25H28N4O3/c1-17-4-9-21(32-17)18-5-7-19(8-6-18)23(30)29-13-11-25(12-14-29)22-20(10-15-31-25)16-26-24(27-22)28(2)3/h4-9,16H,10-15H2,1-3H3. The van der Waals surface area contributed by atoms with E-state index in [1.165, 1.54) is 0 Å². The van der Waals surface area contributed by atoms with E-state index in [4.69, 9.17) is 14.1 Å². The van der Waals surface area contributed by atoms with E-state index in [2.05, 4.69) is 4.98 Å². The van der Waals surface area contributed by atoms with Crippen LogP contribution in [0.2, 0.25) is 0 Å². The highest BCUT2D eigenvalue weighted by Gasteiger charge is 2.43. The number of furan rings is 1. The summed E-state index contributed by atoms with van der Waals surface area (Å²) in [5.74, 6) is 2.43. The van der Waals surface area contributed by atoms with E-state index in [-0.39, 0.29) is 5.91 Å². The van der Waals surface area contributed by atoms with Crippen LogP contribution in [0.15, 0.2) is 47.0 Å². The molecule has 1 amide bonds. The van der Waals surface area contributed by atoms with Crippen LogP contribution in [0.5, 0.6) is 0 Å². The largest absolute Gasteiger partial charge is 0.461 e. The molecule has 4 heterocycles. The maximum Gasteiger partial charge on any atom is 0.253 e. The molecular weight excluding hydrogens is 404 g/mol. The van der Waals surface area contributed by atoms with Crippen LogP contribution in [0.25, 0.3) is 11.3 Å². The van der Waals surface area contributed by atoms with Crippen LogP contribution < -0.4 is 4.90 Å². The molecule has 0 atom stereocenters. The van der Waals surface area contributed by atoms with Crippen molar-refractivity contribution in [2.24, 2.45) is 0 Å². The first-order valence-electron chi connectivity index (χ1n) is 11.1. The van der Waals surface area contributed by atoms with Gasteiger partial charge in [0.25, 0.3) is 5.91 Å². The molecule has 0 aliphatic carbocycles. The van der Waals surface area contributed by atoms with Crippen LogP contribution >= 0.6 is 0 Å².